The van der Waals surface area contributed by atoms with Gasteiger partial charge in [0.2, 0.25) is 5.95 Å². The Labute approximate surface area is 212 Å². The highest BCUT2D eigenvalue weighted by molar-refractivity contribution is 5.88. The fourth-order valence-electron chi connectivity index (χ4n) is 5.60. The molecule has 2 aliphatic heterocycles. The van der Waals surface area contributed by atoms with Crippen molar-refractivity contribution in [2.45, 2.75) is 52.2 Å². The number of nitrogens with one attached hydrogen (secondary N) is 2. The summed E-state index contributed by atoms with van der Waals surface area (Å²) in [5.41, 5.74) is 11.2. The minimum atomic E-state index is 0.0892. The van der Waals surface area contributed by atoms with E-state index in [1.165, 1.54) is 5.56 Å². The molecule has 2 fully saturated rings. The number of fused-ring (bicyclic) bond motifs is 1. The smallest absolute Gasteiger partial charge is 0.222 e. The van der Waals surface area contributed by atoms with E-state index in [1.807, 2.05) is 11.6 Å². The third-order valence-corrected chi connectivity index (χ3v) is 7.42. The number of aliphatic hydroxyl groups excluding tert-OH is 1. The molecule has 0 bridgehead atoms. The molecule has 10 heteroatoms. The number of methoxy groups -OCH3 is 1. The van der Waals surface area contributed by atoms with Gasteiger partial charge in [0.25, 0.3) is 0 Å². The molecular formula is C26H38N8O2. The number of hydrogen-bond donors (Lipinski definition) is 4. The molecule has 4 heterocycles. The van der Waals surface area contributed by atoms with Gasteiger partial charge in [0, 0.05) is 56.4 Å². The predicted octanol–water partition coefficient (Wildman–Crippen LogP) is 2.14. The summed E-state index contributed by atoms with van der Waals surface area (Å²) in [4.78, 5) is 11.5. The number of aromatic nitrogens is 4. The first-order valence-corrected chi connectivity index (χ1v) is 12.9. The number of nitrogens with two attached hydrogens (primary N) is 1. The molecule has 3 aromatic rings. The molecule has 0 unspecified atom stereocenters. The Morgan fingerprint density at radius 2 is 2.03 bits per heavy atom. The van der Waals surface area contributed by atoms with Gasteiger partial charge in [-0.05, 0) is 31.4 Å². The van der Waals surface area contributed by atoms with Crippen molar-refractivity contribution in [3.63, 3.8) is 0 Å². The zero-order valence-corrected chi connectivity index (χ0v) is 21.5. The fourth-order valence-corrected chi connectivity index (χ4v) is 5.60. The van der Waals surface area contributed by atoms with Crippen molar-refractivity contribution in [2.75, 3.05) is 50.9 Å². The van der Waals surface area contributed by atoms with Crippen LogP contribution in [0.4, 0.5) is 11.8 Å². The summed E-state index contributed by atoms with van der Waals surface area (Å²) in [5, 5.41) is 21.2. The third kappa shape index (κ3) is 4.85. The van der Waals surface area contributed by atoms with Gasteiger partial charge in [-0.15, -0.1) is 0 Å². The summed E-state index contributed by atoms with van der Waals surface area (Å²) in [6.07, 6.45) is 2.55. The van der Waals surface area contributed by atoms with Crippen molar-refractivity contribution in [3.05, 3.63) is 35.0 Å². The number of nitrogens with zero attached hydrogens (tertiary/aromatic N) is 5. The summed E-state index contributed by atoms with van der Waals surface area (Å²) in [7, 11) is 1.72. The lowest BCUT2D eigenvalue weighted by Crippen LogP contribution is -2.70. The van der Waals surface area contributed by atoms with Crippen LogP contribution in [0.5, 0.6) is 5.75 Å². The number of aliphatic hydroxyl groups is 1. The highest BCUT2D eigenvalue weighted by atomic mass is 16.5. The lowest BCUT2D eigenvalue weighted by atomic mass is 9.74. The molecule has 2 aromatic heterocycles. The molecule has 0 radical (unpaired) electrons. The quantitative estimate of drug-likeness (QED) is 0.317. The van der Waals surface area contributed by atoms with Crippen LogP contribution in [0.3, 0.4) is 0 Å². The summed E-state index contributed by atoms with van der Waals surface area (Å²) in [6.45, 7) is 10.3. The maximum atomic E-state index is 9.52. The Morgan fingerprint density at radius 3 is 2.69 bits per heavy atom. The van der Waals surface area contributed by atoms with Crippen molar-refractivity contribution < 1.29 is 9.84 Å². The molecule has 1 aromatic carbocycles. The highest BCUT2D eigenvalue weighted by Gasteiger charge is 2.47. The minimum absolute atomic E-state index is 0.0892. The van der Waals surface area contributed by atoms with Gasteiger partial charge in [0.15, 0.2) is 5.82 Å². The molecule has 0 amide bonds. The standard InChI is InChI=1S/C26H38N8O2/c1-4-5-20(8-9-35)29-24-23-22(30-25(27)31-24)17(2)32-34(23)12-19-7-6-18(10-21(19)36-3)11-33-15-26(16-33)13-28-14-26/h6-7,10,20,28,35H,4-5,8-9,11-16H2,1-3H3,(H3,27,29,30,31)/t20-/m0/s1. The maximum Gasteiger partial charge on any atom is 0.222 e. The van der Waals surface area contributed by atoms with Crippen LogP contribution in [0.25, 0.3) is 11.0 Å². The van der Waals surface area contributed by atoms with Gasteiger partial charge >= 0.3 is 0 Å². The van der Waals surface area contributed by atoms with Crippen LogP contribution in [0.15, 0.2) is 18.2 Å². The minimum Gasteiger partial charge on any atom is -0.496 e. The van der Waals surface area contributed by atoms with E-state index in [9.17, 15) is 5.11 Å². The van der Waals surface area contributed by atoms with E-state index in [-0.39, 0.29) is 18.6 Å². The lowest BCUT2D eigenvalue weighted by molar-refractivity contribution is -0.0444. The number of aryl methyl sites for hydroxylation is 1. The summed E-state index contributed by atoms with van der Waals surface area (Å²) < 4.78 is 7.72. The monoisotopic (exact) mass is 494 g/mol. The summed E-state index contributed by atoms with van der Waals surface area (Å²) in [5.74, 6) is 1.71. The molecule has 2 aliphatic rings. The highest BCUT2D eigenvalue weighted by Crippen LogP contribution is 2.35. The summed E-state index contributed by atoms with van der Waals surface area (Å²) in [6, 6.07) is 6.55. The van der Waals surface area contributed by atoms with Crippen LogP contribution in [-0.2, 0) is 13.1 Å². The Morgan fingerprint density at radius 1 is 1.22 bits per heavy atom. The summed E-state index contributed by atoms with van der Waals surface area (Å²) >= 11 is 0. The van der Waals surface area contributed by atoms with Gasteiger partial charge < -0.3 is 26.2 Å². The van der Waals surface area contributed by atoms with Crippen molar-refractivity contribution in [1.29, 1.82) is 0 Å². The number of ether oxygens (including phenoxy) is 1. The Bertz CT molecular complexity index is 1210. The Balaban J connectivity index is 1.40. The zero-order valence-electron chi connectivity index (χ0n) is 21.5. The third-order valence-electron chi connectivity index (χ3n) is 7.42. The first kappa shape index (κ1) is 24.7. The van der Waals surface area contributed by atoms with E-state index in [2.05, 4.69) is 50.6 Å². The second-order valence-electron chi connectivity index (χ2n) is 10.4. The number of benzene rings is 1. The maximum absolute atomic E-state index is 9.52. The normalized spacial score (nSPS) is 17.7. The van der Waals surface area contributed by atoms with E-state index in [0.717, 1.165) is 73.6 Å². The predicted molar refractivity (Wildman–Crippen MR) is 141 cm³/mol. The molecule has 2 saturated heterocycles. The van der Waals surface area contributed by atoms with Gasteiger partial charge in [-0.2, -0.15) is 10.1 Å². The van der Waals surface area contributed by atoms with Gasteiger partial charge in [-0.25, -0.2) is 4.98 Å². The second-order valence-corrected chi connectivity index (χ2v) is 10.4. The van der Waals surface area contributed by atoms with E-state index in [1.54, 1.807) is 7.11 Å². The number of likely N-dealkylation sites (tertiary alicyclic amines) is 1. The molecule has 1 atom stereocenters. The van der Waals surface area contributed by atoms with E-state index < -0.39 is 0 Å². The number of anilines is 2. The van der Waals surface area contributed by atoms with E-state index in [4.69, 9.17) is 15.6 Å². The van der Waals surface area contributed by atoms with Crippen molar-refractivity contribution in [2.24, 2.45) is 5.41 Å². The Kier molecular flexibility index (Phi) is 7.00. The molecule has 1 spiro atoms. The topological polar surface area (TPSA) is 126 Å². The first-order valence-electron chi connectivity index (χ1n) is 12.9. The SMILES string of the molecule is CCC[C@@H](CCO)Nc1nc(N)nc2c(C)nn(Cc3ccc(CN4CC5(CNC5)C4)cc3OC)c12. The average Bonchev–Trinajstić information content (AvgIpc) is 3.10. The van der Waals surface area contributed by atoms with Crippen molar-refractivity contribution in [3.8, 4) is 5.75 Å². The van der Waals surface area contributed by atoms with Crippen LogP contribution in [-0.4, -0.2) is 75.7 Å². The Hall–Kier alpha value is -2.95. The zero-order chi connectivity index (χ0) is 25.3. The number of hydrogen-bond acceptors (Lipinski definition) is 9. The first-order chi connectivity index (χ1) is 17.4. The van der Waals surface area contributed by atoms with Crippen LogP contribution in [0, 0.1) is 12.3 Å². The van der Waals surface area contributed by atoms with Gasteiger partial charge in [0.05, 0.1) is 19.3 Å². The van der Waals surface area contributed by atoms with Crippen LogP contribution < -0.4 is 21.1 Å². The molecule has 10 nitrogen and oxygen atoms in total. The second kappa shape index (κ2) is 10.2. The molecule has 36 heavy (non-hydrogen) atoms. The van der Waals surface area contributed by atoms with Gasteiger partial charge in [0.1, 0.15) is 16.8 Å². The van der Waals surface area contributed by atoms with Crippen molar-refractivity contribution in [1.82, 2.24) is 30.0 Å². The fraction of sp³-hybridized carbons (Fsp3) is 0.577. The molecule has 5 N–H and O–H groups in total. The molecule has 0 saturated carbocycles. The molecule has 5 rings (SSSR count). The number of nitrogen functional groups attached to an aromatic ring is 1. The average molecular weight is 495 g/mol. The van der Waals surface area contributed by atoms with Crippen LogP contribution >= 0.6 is 0 Å². The van der Waals surface area contributed by atoms with E-state index in [0.29, 0.717) is 24.2 Å². The van der Waals surface area contributed by atoms with Crippen molar-refractivity contribution >= 4 is 22.8 Å². The lowest BCUT2D eigenvalue weighted by Gasteiger charge is -2.56. The largest absolute Gasteiger partial charge is 0.496 e. The van der Waals surface area contributed by atoms with E-state index >= 15 is 0 Å². The molecule has 194 valence electrons. The number of rotatable bonds is 11. The molecule has 0 aliphatic carbocycles. The van der Waals surface area contributed by atoms with Crippen LogP contribution in [0.2, 0.25) is 0 Å². The van der Waals surface area contributed by atoms with Crippen LogP contribution in [0.1, 0.15) is 43.0 Å². The molecular weight excluding hydrogens is 456 g/mol. The van der Waals surface area contributed by atoms with Gasteiger partial charge in [-0.1, -0.05) is 25.5 Å². The van der Waals surface area contributed by atoms with Gasteiger partial charge in [-0.3, -0.25) is 9.58 Å².